The van der Waals surface area contributed by atoms with Crippen LogP contribution in [0.25, 0.3) is 32.6 Å². The summed E-state index contributed by atoms with van der Waals surface area (Å²) >= 11 is 7.49. The van der Waals surface area contributed by atoms with Crippen molar-refractivity contribution in [1.29, 1.82) is 0 Å². The molecule has 0 fully saturated rings. The van der Waals surface area contributed by atoms with Gasteiger partial charge >= 0.3 is 0 Å². The molecule has 5 rings (SSSR count). The van der Waals surface area contributed by atoms with Crippen LogP contribution in [0.2, 0.25) is 5.02 Å². The van der Waals surface area contributed by atoms with E-state index in [0.717, 1.165) is 32.6 Å². The first kappa shape index (κ1) is 14.6. The van der Waals surface area contributed by atoms with Crippen LogP contribution in [-0.2, 0) is 0 Å². The van der Waals surface area contributed by atoms with Crippen LogP contribution in [0.3, 0.4) is 0 Å². The molecule has 0 saturated carbocycles. The summed E-state index contributed by atoms with van der Waals surface area (Å²) in [5.41, 5.74) is 4.15. The molecule has 3 aromatic heterocycles. The Bertz CT molecular complexity index is 1220. The third-order valence-corrected chi connectivity index (χ3v) is 5.23. The minimum Gasteiger partial charge on any atom is -0.223 e. The Labute approximate surface area is 152 Å². The second-order valence-electron chi connectivity index (χ2n) is 5.85. The Morgan fingerprint density at radius 2 is 1.80 bits per heavy atom. The predicted octanol–water partition coefficient (Wildman–Crippen LogP) is 4.73. The maximum Gasteiger partial charge on any atom is 0.235 e. The summed E-state index contributed by atoms with van der Waals surface area (Å²) in [7, 11) is 0. The molecule has 0 unspecified atom stereocenters. The predicted molar refractivity (Wildman–Crippen MR) is 100 cm³/mol. The topological polar surface area (TPSA) is 47.5 Å². The highest BCUT2D eigenvalue weighted by Gasteiger charge is 2.16. The van der Waals surface area contributed by atoms with Crippen molar-refractivity contribution in [3.05, 3.63) is 65.3 Å². The molecule has 0 aliphatic heterocycles. The Hall–Kier alpha value is -2.70. The molecular weight excluding hydrogens is 354 g/mol. The number of nitrogens with zero attached hydrogens (tertiary/aromatic N) is 5. The molecule has 0 atom stereocenters. The summed E-state index contributed by atoms with van der Waals surface area (Å²) in [6, 6.07) is 15.9. The fourth-order valence-electron chi connectivity index (χ4n) is 2.90. The Balaban J connectivity index is 1.72. The van der Waals surface area contributed by atoms with Gasteiger partial charge in [-0.3, -0.25) is 0 Å². The van der Waals surface area contributed by atoms with E-state index in [1.165, 1.54) is 16.9 Å². The van der Waals surface area contributed by atoms with E-state index in [2.05, 4.69) is 29.3 Å². The van der Waals surface area contributed by atoms with Crippen LogP contribution in [-0.4, -0.2) is 24.2 Å². The zero-order valence-electron chi connectivity index (χ0n) is 13.2. The zero-order chi connectivity index (χ0) is 17.0. The van der Waals surface area contributed by atoms with Gasteiger partial charge in [0.1, 0.15) is 0 Å². The maximum absolute atomic E-state index is 5.98. The highest BCUT2D eigenvalue weighted by atomic mass is 35.5. The molecule has 7 heteroatoms. The summed E-state index contributed by atoms with van der Waals surface area (Å²) in [6.45, 7) is 2.07. The molecule has 0 aliphatic carbocycles. The molecule has 0 N–H and O–H groups in total. The molecule has 0 radical (unpaired) electrons. The summed E-state index contributed by atoms with van der Waals surface area (Å²) in [5, 5.41) is 9.38. The molecule has 25 heavy (non-hydrogen) atoms. The Kier molecular flexibility index (Phi) is 3.16. The lowest BCUT2D eigenvalue weighted by atomic mass is 10.1. The van der Waals surface area contributed by atoms with Crippen molar-refractivity contribution >= 4 is 32.9 Å². The lowest BCUT2D eigenvalue weighted by Crippen LogP contribution is -1.95. The van der Waals surface area contributed by atoms with Crippen LogP contribution in [0.1, 0.15) is 5.56 Å². The molecule has 0 amide bonds. The van der Waals surface area contributed by atoms with Crippen molar-refractivity contribution in [3.63, 3.8) is 0 Å². The van der Waals surface area contributed by atoms with Gasteiger partial charge in [0.05, 0.1) is 11.9 Å². The number of hydrogen-bond donors (Lipinski definition) is 0. The van der Waals surface area contributed by atoms with Gasteiger partial charge in [-0.15, -0.1) is 10.2 Å². The Morgan fingerprint density at radius 3 is 2.60 bits per heavy atom. The molecule has 0 saturated heterocycles. The second-order valence-corrected chi connectivity index (χ2v) is 7.22. The van der Waals surface area contributed by atoms with E-state index in [0.29, 0.717) is 5.02 Å². The van der Waals surface area contributed by atoms with Gasteiger partial charge in [-0.25, -0.2) is 9.50 Å². The first-order valence-electron chi connectivity index (χ1n) is 7.75. The van der Waals surface area contributed by atoms with E-state index < -0.39 is 0 Å². The average Bonchev–Trinajstić information content (AvgIpc) is 3.26. The number of benzene rings is 2. The van der Waals surface area contributed by atoms with E-state index in [4.69, 9.17) is 16.6 Å². The largest absolute Gasteiger partial charge is 0.235 e. The fraction of sp³-hybridized carbons (Fsp3) is 0.0556. The van der Waals surface area contributed by atoms with Crippen molar-refractivity contribution in [3.8, 4) is 22.6 Å². The van der Waals surface area contributed by atoms with Crippen LogP contribution in [0.5, 0.6) is 0 Å². The number of imidazole rings is 1. The van der Waals surface area contributed by atoms with Gasteiger partial charge < -0.3 is 0 Å². The summed E-state index contributed by atoms with van der Waals surface area (Å²) in [4.78, 5) is 6.42. The lowest BCUT2D eigenvalue weighted by Gasteiger charge is -2.00. The van der Waals surface area contributed by atoms with Crippen molar-refractivity contribution in [1.82, 2.24) is 24.2 Å². The molecule has 2 aromatic carbocycles. The van der Waals surface area contributed by atoms with Crippen LogP contribution >= 0.6 is 22.9 Å². The summed E-state index contributed by atoms with van der Waals surface area (Å²) in [6.07, 6.45) is 2.00. The van der Waals surface area contributed by atoms with Gasteiger partial charge in [-0.1, -0.05) is 58.8 Å². The summed E-state index contributed by atoms with van der Waals surface area (Å²) in [5.74, 6) is 0.810. The highest BCUT2D eigenvalue weighted by molar-refractivity contribution is 7.21. The molecule has 5 nitrogen and oxygen atoms in total. The SMILES string of the molecule is Cc1cccc(-c2nnc3sc4nc(-c5ccc(Cl)cc5)cn4n23)c1. The van der Waals surface area contributed by atoms with E-state index in [1.54, 1.807) is 0 Å². The number of hydrogen-bond acceptors (Lipinski definition) is 4. The average molecular weight is 366 g/mol. The first-order chi connectivity index (χ1) is 12.2. The van der Waals surface area contributed by atoms with Gasteiger partial charge in [-0.2, -0.15) is 4.52 Å². The van der Waals surface area contributed by atoms with E-state index in [1.807, 2.05) is 51.6 Å². The van der Waals surface area contributed by atoms with Gasteiger partial charge in [0.25, 0.3) is 0 Å². The van der Waals surface area contributed by atoms with Gasteiger partial charge in [0, 0.05) is 16.1 Å². The maximum atomic E-state index is 5.98. The smallest absolute Gasteiger partial charge is 0.223 e. The Morgan fingerprint density at radius 1 is 0.960 bits per heavy atom. The number of rotatable bonds is 2. The van der Waals surface area contributed by atoms with Crippen molar-refractivity contribution < 1.29 is 0 Å². The molecule has 122 valence electrons. The van der Waals surface area contributed by atoms with E-state index in [9.17, 15) is 0 Å². The van der Waals surface area contributed by atoms with Crippen LogP contribution < -0.4 is 0 Å². The molecule has 0 bridgehead atoms. The first-order valence-corrected chi connectivity index (χ1v) is 8.95. The molecule has 0 aliphatic rings. The molecule has 0 spiro atoms. The molecular formula is C18H12ClN5S. The number of halogens is 1. The highest BCUT2D eigenvalue weighted by Crippen LogP contribution is 2.28. The van der Waals surface area contributed by atoms with Crippen LogP contribution in [0, 0.1) is 6.92 Å². The zero-order valence-corrected chi connectivity index (χ0v) is 14.8. The standard InChI is InChI=1S/C18H12ClN5S/c1-11-3-2-4-13(9-11)16-21-22-18-24(16)23-10-15(20-17(23)25-18)12-5-7-14(19)8-6-12/h2-10H,1H3. The minimum atomic E-state index is 0.715. The van der Waals surface area contributed by atoms with E-state index >= 15 is 0 Å². The monoisotopic (exact) mass is 365 g/mol. The molecule has 5 aromatic rings. The van der Waals surface area contributed by atoms with Crippen molar-refractivity contribution in [2.24, 2.45) is 0 Å². The van der Waals surface area contributed by atoms with Crippen molar-refractivity contribution in [2.45, 2.75) is 6.92 Å². The van der Waals surface area contributed by atoms with Crippen LogP contribution in [0.15, 0.2) is 54.7 Å². The number of aromatic nitrogens is 5. The van der Waals surface area contributed by atoms with Gasteiger partial charge in [0.15, 0.2) is 5.82 Å². The lowest BCUT2D eigenvalue weighted by molar-refractivity contribution is 0.879. The quantitative estimate of drug-likeness (QED) is 0.454. The van der Waals surface area contributed by atoms with Crippen molar-refractivity contribution in [2.75, 3.05) is 0 Å². The minimum absolute atomic E-state index is 0.715. The van der Waals surface area contributed by atoms with E-state index in [-0.39, 0.29) is 0 Å². The number of aryl methyl sites for hydroxylation is 1. The summed E-state index contributed by atoms with van der Waals surface area (Å²) < 4.78 is 4.00. The van der Waals surface area contributed by atoms with Gasteiger partial charge in [0.2, 0.25) is 9.92 Å². The number of fused-ring (bicyclic) bond motifs is 3. The molecule has 3 heterocycles. The third-order valence-electron chi connectivity index (χ3n) is 4.08. The normalized spacial score (nSPS) is 11.6. The van der Waals surface area contributed by atoms with Gasteiger partial charge in [-0.05, 0) is 25.1 Å². The van der Waals surface area contributed by atoms with Crippen LogP contribution in [0.4, 0.5) is 0 Å². The second kappa shape index (κ2) is 5.40. The fourth-order valence-corrected chi connectivity index (χ4v) is 3.90. The third kappa shape index (κ3) is 2.33.